The molecular weight excluding hydrogens is 402 g/mol. The summed E-state index contributed by atoms with van der Waals surface area (Å²) in [6.07, 6.45) is 0.522. The van der Waals surface area contributed by atoms with Gasteiger partial charge in [-0.2, -0.15) is 0 Å². The number of nitrogens with one attached hydrogen (secondary N) is 1. The zero-order chi connectivity index (χ0) is 22.0. The SMILES string of the molecule is COCCCN1C(=O)C(CC(=O)Nc2cccc([N+](=O)[O-])c2)n2c1nc1ccccc12. The van der Waals surface area contributed by atoms with Gasteiger partial charge in [-0.15, -0.1) is 0 Å². The lowest BCUT2D eigenvalue weighted by atomic mass is 10.1. The lowest BCUT2D eigenvalue weighted by Crippen LogP contribution is -2.32. The summed E-state index contributed by atoms with van der Waals surface area (Å²) in [5.74, 6) is -0.115. The van der Waals surface area contributed by atoms with Crippen LogP contribution in [0.15, 0.2) is 48.5 Å². The fraction of sp³-hybridized carbons (Fsp3) is 0.286. The lowest BCUT2D eigenvalue weighted by Gasteiger charge is -2.15. The quantitative estimate of drug-likeness (QED) is 0.338. The number of non-ortho nitro benzene ring substituents is 1. The van der Waals surface area contributed by atoms with Crippen molar-refractivity contribution in [1.29, 1.82) is 0 Å². The van der Waals surface area contributed by atoms with E-state index < -0.39 is 16.9 Å². The van der Waals surface area contributed by atoms with Gasteiger partial charge < -0.3 is 10.1 Å². The number of nitro groups is 1. The van der Waals surface area contributed by atoms with Gasteiger partial charge in [-0.05, 0) is 24.6 Å². The number of hydrogen-bond donors (Lipinski definition) is 1. The van der Waals surface area contributed by atoms with E-state index in [1.54, 1.807) is 22.6 Å². The van der Waals surface area contributed by atoms with E-state index >= 15 is 0 Å². The predicted molar refractivity (Wildman–Crippen MR) is 114 cm³/mol. The summed E-state index contributed by atoms with van der Waals surface area (Å²) in [7, 11) is 1.60. The Labute approximate surface area is 177 Å². The maximum Gasteiger partial charge on any atom is 0.271 e. The molecule has 1 N–H and O–H groups in total. The van der Waals surface area contributed by atoms with Crippen LogP contribution in [-0.2, 0) is 14.3 Å². The molecule has 0 fully saturated rings. The summed E-state index contributed by atoms with van der Waals surface area (Å²) in [5.41, 5.74) is 1.69. The Balaban J connectivity index is 1.59. The fourth-order valence-electron chi connectivity index (χ4n) is 3.76. The van der Waals surface area contributed by atoms with Gasteiger partial charge in [-0.3, -0.25) is 29.2 Å². The summed E-state index contributed by atoms with van der Waals surface area (Å²) in [4.78, 5) is 42.5. The zero-order valence-corrected chi connectivity index (χ0v) is 16.9. The van der Waals surface area contributed by atoms with Crippen LogP contribution in [0.1, 0.15) is 18.9 Å². The number of hydrogen-bond acceptors (Lipinski definition) is 6. The molecule has 1 aliphatic rings. The number of methoxy groups -OCH3 is 1. The van der Waals surface area contributed by atoms with Crippen LogP contribution in [0.3, 0.4) is 0 Å². The number of rotatable bonds is 8. The number of benzene rings is 2. The minimum Gasteiger partial charge on any atom is -0.385 e. The van der Waals surface area contributed by atoms with Crippen LogP contribution >= 0.6 is 0 Å². The largest absolute Gasteiger partial charge is 0.385 e. The molecule has 4 rings (SSSR count). The maximum absolute atomic E-state index is 13.1. The Bertz CT molecular complexity index is 1160. The van der Waals surface area contributed by atoms with Gasteiger partial charge in [-0.1, -0.05) is 18.2 Å². The highest BCUT2D eigenvalue weighted by Crippen LogP contribution is 2.36. The number of para-hydroxylation sites is 2. The number of aromatic nitrogens is 2. The van der Waals surface area contributed by atoms with Gasteiger partial charge in [0.25, 0.3) is 11.6 Å². The Morgan fingerprint density at radius 1 is 1.26 bits per heavy atom. The number of fused-ring (bicyclic) bond motifs is 3. The van der Waals surface area contributed by atoms with E-state index in [1.807, 2.05) is 24.3 Å². The van der Waals surface area contributed by atoms with Crippen LogP contribution in [0.25, 0.3) is 11.0 Å². The average molecular weight is 423 g/mol. The van der Waals surface area contributed by atoms with Crippen molar-refractivity contribution >= 4 is 40.2 Å². The molecule has 2 amide bonds. The van der Waals surface area contributed by atoms with Gasteiger partial charge in [0.1, 0.15) is 6.04 Å². The molecule has 1 atom stereocenters. The molecule has 1 aromatic heterocycles. The van der Waals surface area contributed by atoms with Crippen molar-refractivity contribution in [3.8, 4) is 0 Å². The zero-order valence-electron chi connectivity index (χ0n) is 16.9. The van der Waals surface area contributed by atoms with Crippen molar-refractivity contribution in [2.45, 2.75) is 18.9 Å². The standard InChI is InChI=1S/C21H21N5O5/c1-31-11-5-10-24-20(28)18(25-17-9-3-2-8-16(17)23-21(24)25)13-19(27)22-14-6-4-7-15(12-14)26(29)30/h2-4,6-9,12,18H,5,10-11,13H2,1H3,(H,22,27). The Morgan fingerprint density at radius 3 is 2.84 bits per heavy atom. The third-order valence-electron chi connectivity index (χ3n) is 5.13. The van der Waals surface area contributed by atoms with E-state index in [-0.39, 0.29) is 18.0 Å². The molecule has 3 aromatic rings. The molecular formula is C21H21N5O5. The minimum atomic E-state index is -0.747. The molecule has 10 heteroatoms. The molecule has 0 saturated carbocycles. The van der Waals surface area contributed by atoms with Crippen molar-refractivity contribution in [2.24, 2.45) is 0 Å². The number of nitrogens with zero attached hydrogens (tertiary/aromatic N) is 4. The molecule has 0 spiro atoms. The minimum absolute atomic E-state index is 0.115. The van der Waals surface area contributed by atoms with Crippen molar-refractivity contribution in [3.63, 3.8) is 0 Å². The van der Waals surface area contributed by atoms with E-state index in [2.05, 4.69) is 10.3 Å². The normalized spacial score (nSPS) is 15.3. The second-order valence-corrected chi connectivity index (χ2v) is 7.18. The number of carbonyl (C=O) groups is 2. The first-order valence-electron chi connectivity index (χ1n) is 9.81. The molecule has 160 valence electrons. The molecule has 2 aromatic carbocycles. The Hall–Kier alpha value is -3.79. The highest BCUT2D eigenvalue weighted by atomic mass is 16.6. The maximum atomic E-state index is 13.1. The number of ether oxygens (including phenoxy) is 1. The van der Waals surface area contributed by atoms with Crippen LogP contribution in [0.5, 0.6) is 0 Å². The second kappa shape index (κ2) is 8.52. The van der Waals surface area contributed by atoms with Crippen LogP contribution in [0.2, 0.25) is 0 Å². The predicted octanol–water partition coefficient (Wildman–Crippen LogP) is 2.90. The van der Waals surface area contributed by atoms with Gasteiger partial charge in [0.15, 0.2) is 0 Å². The highest BCUT2D eigenvalue weighted by molar-refractivity contribution is 6.05. The monoisotopic (exact) mass is 423 g/mol. The molecule has 10 nitrogen and oxygen atoms in total. The lowest BCUT2D eigenvalue weighted by molar-refractivity contribution is -0.384. The van der Waals surface area contributed by atoms with E-state index in [1.165, 1.54) is 18.2 Å². The molecule has 31 heavy (non-hydrogen) atoms. The second-order valence-electron chi connectivity index (χ2n) is 7.18. The summed E-state index contributed by atoms with van der Waals surface area (Å²) >= 11 is 0. The number of amides is 2. The third-order valence-corrected chi connectivity index (χ3v) is 5.13. The van der Waals surface area contributed by atoms with Crippen molar-refractivity contribution in [3.05, 3.63) is 58.6 Å². The summed E-state index contributed by atoms with van der Waals surface area (Å²) < 4.78 is 6.88. The van der Waals surface area contributed by atoms with Gasteiger partial charge >= 0.3 is 0 Å². The summed E-state index contributed by atoms with van der Waals surface area (Å²) in [6.45, 7) is 0.931. The molecule has 1 aliphatic heterocycles. The Morgan fingerprint density at radius 2 is 2.06 bits per heavy atom. The molecule has 0 radical (unpaired) electrons. The number of nitro benzene ring substituents is 1. The van der Waals surface area contributed by atoms with E-state index in [9.17, 15) is 19.7 Å². The number of anilines is 2. The molecule has 0 bridgehead atoms. The molecule has 1 unspecified atom stereocenters. The molecule has 2 heterocycles. The van der Waals surface area contributed by atoms with Crippen LogP contribution in [0.4, 0.5) is 17.3 Å². The first kappa shape index (κ1) is 20.5. The molecule has 0 aliphatic carbocycles. The van der Waals surface area contributed by atoms with Gasteiger partial charge in [0, 0.05) is 38.1 Å². The van der Waals surface area contributed by atoms with Crippen LogP contribution < -0.4 is 10.2 Å². The smallest absolute Gasteiger partial charge is 0.271 e. The molecule has 0 saturated heterocycles. The van der Waals surface area contributed by atoms with Gasteiger partial charge in [-0.25, -0.2) is 4.98 Å². The summed E-state index contributed by atoms with van der Waals surface area (Å²) in [6, 6.07) is 12.4. The van der Waals surface area contributed by atoms with E-state index in [4.69, 9.17) is 4.74 Å². The Kier molecular flexibility index (Phi) is 5.63. The van der Waals surface area contributed by atoms with Crippen molar-refractivity contribution in [2.75, 3.05) is 30.5 Å². The van der Waals surface area contributed by atoms with Crippen LogP contribution in [0, 0.1) is 10.1 Å². The van der Waals surface area contributed by atoms with E-state index in [0.29, 0.717) is 31.2 Å². The highest BCUT2D eigenvalue weighted by Gasteiger charge is 2.40. The number of carbonyl (C=O) groups excluding carboxylic acids is 2. The first-order valence-corrected chi connectivity index (χ1v) is 9.81. The van der Waals surface area contributed by atoms with Crippen molar-refractivity contribution < 1.29 is 19.2 Å². The fourth-order valence-corrected chi connectivity index (χ4v) is 3.76. The van der Waals surface area contributed by atoms with Crippen LogP contribution in [-0.4, -0.2) is 46.6 Å². The average Bonchev–Trinajstić information content (AvgIpc) is 3.24. The van der Waals surface area contributed by atoms with Crippen molar-refractivity contribution in [1.82, 2.24) is 9.55 Å². The number of imidazole rings is 1. The first-order chi connectivity index (χ1) is 15.0. The topological polar surface area (TPSA) is 120 Å². The summed E-state index contributed by atoms with van der Waals surface area (Å²) in [5, 5.41) is 13.6. The van der Waals surface area contributed by atoms with E-state index in [0.717, 1.165) is 11.0 Å². The third kappa shape index (κ3) is 3.97. The van der Waals surface area contributed by atoms with Gasteiger partial charge in [0.05, 0.1) is 22.4 Å². The van der Waals surface area contributed by atoms with Gasteiger partial charge in [0.2, 0.25) is 11.9 Å².